The number of likely N-dealkylation sites (tertiary alicyclic amines) is 1. The lowest BCUT2D eigenvalue weighted by molar-refractivity contribution is -0.119. The van der Waals surface area contributed by atoms with Crippen molar-refractivity contribution < 1.29 is 9.59 Å². The van der Waals surface area contributed by atoms with E-state index in [0.717, 1.165) is 43.6 Å². The van der Waals surface area contributed by atoms with Crippen LogP contribution in [0.15, 0.2) is 18.5 Å². The number of aromatic nitrogens is 1. The molecule has 0 unspecified atom stereocenters. The molecule has 6 nitrogen and oxygen atoms in total. The van der Waals surface area contributed by atoms with E-state index in [-0.39, 0.29) is 12.1 Å². The Hall–Kier alpha value is -2.11. The smallest absolute Gasteiger partial charge is 0.322 e. The Morgan fingerprint density at radius 3 is 2.89 bits per heavy atom. The molecule has 2 aliphatic rings. The van der Waals surface area contributed by atoms with Gasteiger partial charge in [-0.15, -0.1) is 0 Å². The van der Waals surface area contributed by atoms with E-state index in [2.05, 4.69) is 10.3 Å². The molecule has 0 aliphatic carbocycles. The zero-order valence-electron chi connectivity index (χ0n) is 10.6. The number of hydrogen-bond acceptors (Lipinski definition) is 3. The lowest BCUT2D eigenvalue weighted by atomic mass is 10.0. The van der Waals surface area contributed by atoms with Crippen LogP contribution in [0.3, 0.4) is 0 Å². The lowest BCUT2D eigenvalue weighted by Crippen LogP contribution is -2.49. The molecule has 0 spiro atoms. The first-order valence-corrected chi connectivity index (χ1v) is 6.48. The van der Waals surface area contributed by atoms with Crippen molar-refractivity contribution in [2.75, 3.05) is 18.4 Å². The standard InChI is InChI=1S/C13H16N4O2/c18-9-16-5-2-11(3-6-16)17-8-10-7-14-4-1-12(10)15-13(17)19/h1,4,7,9,11H,2-3,5-6,8H2,(H,15,19). The van der Waals surface area contributed by atoms with Crippen molar-refractivity contribution >= 4 is 18.1 Å². The summed E-state index contributed by atoms with van der Waals surface area (Å²) in [5.41, 5.74) is 1.89. The van der Waals surface area contributed by atoms with Crippen molar-refractivity contribution in [1.82, 2.24) is 14.8 Å². The number of anilines is 1. The van der Waals surface area contributed by atoms with Gasteiger partial charge in [0.2, 0.25) is 6.41 Å². The number of urea groups is 1. The van der Waals surface area contributed by atoms with E-state index in [4.69, 9.17) is 0 Å². The fourth-order valence-corrected chi connectivity index (χ4v) is 2.72. The fraction of sp³-hybridized carbons (Fsp3) is 0.462. The maximum atomic E-state index is 12.1. The van der Waals surface area contributed by atoms with Crippen molar-refractivity contribution in [3.05, 3.63) is 24.0 Å². The molecule has 1 fully saturated rings. The summed E-state index contributed by atoms with van der Waals surface area (Å²) in [6, 6.07) is 1.97. The Balaban J connectivity index is 1.73. The van der Waals surface area contributed by atoms with E-state index in [1.165, 1.54) is 0 Å². The molecule has 1 aromatic rings. The third-order valence-corrected chi connectivity index (χ3v) is 3.84. The van der Waals surface area contributed by atoms with Gasteiger partial charge in [0.15, 0.2) is 0 Å². The van der Waals surface area contributed by atoms with E-state index >= 15 is 0 Å². The molecule has 0 atom stereocenters. The van der Waals surface area contributed by atoms with Crippen LogP contribution in [0.5, 0.6) is 0 Å². The topological polar surface area (TPSA) is 65.5 Å². The number of amides is 3. The molecule has 3 rings (SSSR count). The van der Waals surface area contributed by atoms with Crippen molar-refractivity contribution in [3.8, 4) is 0 Å². The fourth-order valence-electron chi connectivity index (χ4n) is 2.72. The van der Waals surface area contributed by atoms with Gasteiger partial charge in [0.1, 0.15) is 0 Å². The number of carbonyl (C=O) groups excluding carboxylic acids is 2. The summed E-state index contributed by atoms with van der Waals surface area (Å²) < 4.78 is 0. The Bertz CT molecular complexity index is 497. The Morgan fingerprint density at radius 2 is 2.16 bits per heavy atom. The largest absolute Gasteiger partial charge is 0.345 e. The van der Waals surface area contributed by atoms with Gasteiger partial charge < -0.3 is 15.1 Å². The third kappa shape index (κ3) is 2.25. The van der Waals surface area contributed by atoms with Gasteiger partial charge in [-0.25, -0.2) is 4.79 Å². The van der Waals surface area contributed by atoms with Crippen LogP contribution in [0.25, 0.3) is 0 Å². The summed E-state index contributed by atoms with van der Waals surface area (Å²) >= 11 is 0. The highest BCUT2D eigenvalue weighted by atomic mass is 16.2. The van der Waals surface area contributed by atoms with Gasteiger partial charge in [-0.2, -0.15) is 0 Å². The molecule has 100 valence electrons. The van der Waals surface area contributed by atoms with Crippen LogP contribution in [-0.2, 0) is 11.3 Å². The number of rotatable bonds is 2. The third-order valence-electron chi connectivity index (χ3n) is 3.84. The number of hydrogen-bond donors (Lipinski definition) is 1. The number of nitrogens with zero attached hydrogens (tertiary/aromatic N) is 3. The van der Waals surface area contributed by atoms with E-state index in [1.54, 1.807) is 17.3 Å². The van der Waals surface area contributed by atoms with Gasteiger partial charge in [0.05, 0.1) is 12.2 Å². The average molecular weight is 260 g/mol. The molecule has 0 radical (unpaired) electrons. The average Bonchev–Trinajstić information content (AvgIpc) is 2.47. The SMILES string of the molecule is O=CN1CCC(N2Cc3cnccc3NC2=O)CC1. The van der Waals surface area contributed by atoms with Crippen molar-refractivity contribution in [3.63, 3.8) is 0 Å². The molecule has 0 bridgehead atoms. The second-order valence-electron chi connectivity index (χ2n) is 4.96. The molecule has 2 aliphatic heterocycles. The van der Waals surface area contributed by atoms with Gasteiger partial charge >= 0.3 is 6.03 Å². The Labute approximate surface area is 111 Å². The molecule has 3 heterocycles. The van der Waals surface area contributed by atoms with Crippen LogP contribution in [-0.4, -0.2) is 46.4 Å². The van der Waals surface area contributed by atoms with Crippen molar-refractivity contribution in [2.24, 2.45) is 0 Å². The molecule has 0 aromatic carbocycles. The van der Waals surface area contributed by atoms with Crippen LogP contribution in [0, 0.1) is 0 Å². The van der Waals surface area contributed by atoms with E-state index in [1.807, 2.05) is 11.0 Å². The summed E-state index contributed by atoms with van der Waals surface area (Å²) in [6.07, 6.45) is 6.02. The lowest BCUT2D eigenvalue weighted by Gasteiger charge is -2.39. The zero-order valence-corrected chi connectivity index (χ0v) is 10.6. The highest BCUT2D eigenvalue weighted by Gasteiger charge is 2.31. The van der Waals surface area contributed by atoms with Crippen molar-refractivity contribution in [1.29, 1.82) is 0 Å². The first-order chi connectivity index (χ1) is 9.28. The van der Waals surface area contributed by atoms with E-state index in [9.17, 15) is 9.59 Å². The molecule has 1 saturated heterocycles. The minimum absolute atomic E-state index is 0.0525. The normalized spacial score (nSPS) is 19.9. The highest BCUT2D eigenvalue weighted by Crippen LogP contribution is 2.26. The highest BCUT2D eigenvalue weighted by molar-refractivity contribution is 5.92. The van der Waals surface area contributed by atoms with E-state index in [0.29, 0.717) is 6.54 Å². The molecule has 6 heteroatoms. The van der Waals surface area contributed by atoms with Crippen LogP contribution < -0.4 is 5.32 Å². The van der Waals surface area contributed by atoms with Crippen LogP contribution in [0.2, 0.25) is 0 Å². The van der Waals surface area contributed by atoms with Crippen LogP contribution in [0.1, 0.15) is 18.4 Å². The molecule has 19 heavy (non-hydrogen) atoms. The maximum absolute atomic E-state index is 12.1. The predicted octanol–water partition coefficient (Wildman–Crippen LogP) is 1.05. The minimum atomic E-state index is -0.0525. The Morgan fingerprint density at radius 1 is 1.37 bits per heavy atom. The van der Waals surface area contributed by atoms with Gasteiger partial charge in [-0.05, 0) is 18.9 Å². The van der Waals surface area contributed by atoms with Crippen LogP contribution >= 0.6 is 0 Å². The van der Waals surface area contributed by atoms with Crippen molar-refractivity contribution in [2.45, 2.75) is 25.4 Å². The van der Waals surface area contributed by atoms with E-state index < -0.39 is 0 Å². The second-order valence-corrected chi connectivity index (χ2v) is 4.96. The number of piperidine rings is 1. The molecule has 0 saturated carbocycles. The Kier molecular flexibility index (Phi) is 3.06. The molecular weight excluding hydrogens is 244 g/mol. The zero-order chi connectivity index (χ0) is 13.2. The van der Waals surface area contributed by atoms with Gasteiger partial charge in [-0.1, -0.05) is 0 Å². The number of nitrogens with one attached hydrogen (secondary N) is 1. The second kappa shape index (κ2) is 4.87. The summed E-state index contributed by atoms with van der Waals surface area (Å²) in [7, 11) is 0. The molecule has 1 aromatic heterocycles. The van der Waals surface area contributed by atoms with Gasteiger partial charge in [0, 0.05) is 37.1 Å². The summed E-state index contributed by atoms with van der Waals surface area (Å²) in [4.78, 5) is 30.5. The first kappa shape index (κ1) is 12.0. The predicted molar refractivity (Wildman–Crippen MR) is 69.5 cm³/mol. The first-order valence-electron chi connectivity index (χ1n) is 6.48. The number of carbonyl (C=O) groups is 2. The molecular formula is C13H16N4O2. The quantitative estimate of drug-likeness (QED) is 0.808. The van der Waals surface area contributed by atoms with Gasteiger partial charge in [-0.3, -0.25) is 9.78 Å². The summed E-state index contributed by atoms with van der Waals surface area (Å²) in [5, 5.41) is 2.90. The molecule has 3 amide bonds. The minimum Gasteiger partial charge on any atom is -0.345 e. The number of fused-ring (bicyclic) bond motifs is 1. The summed E-state index contributed by atoms with van der Waals surface area (Å²) in [5.74, 6) is 0. The number of pyridine rings is 1. The maximum Gasteiger partial charge on any atom is 0.322 e. The summed E-state index contributed by atoms with van der Waals surface area (Å²) in [6.45, 7) is 2.04. The monoisotopic (exact) mass is 260 g/mol. The molecule has 1 N–H and O–H groups in total. The van der Waals surface area contributed by atoms with Crippen LogP contribution in [0.4, 0.5) is 10.5 Å². The van der Waals surface area contributed by atoms with Gasteiger partial charge in [0.25, 0.3) is 0 Å².